The van der Waals surface area contributed by atoms with E-state index in [-0.39, 0.29) is 16.8 Å². The summed E-state index contributed by atoms with van der Waals surface area (Å²) >= 11 is 18.1. The van der Waals surface area contributed by atoms with E-state index in [0.29, 0.717) is 52.2 Å². The zero-order valence-electron chi connectivity index (χ0n) is 15.8. The first-order chi connectivity index (χ1) is 13.8. The molecule has 2 aromatic rings. The largest absolute Gasteiger partial charge is 0.495 e. The first-order valence-corrected chi connectivity index (χ1v) is 9.97. The first kappa shape index (κ1) is 21.6. The molecule has 9 heteroatoms. The Morgan fingerprint density at radius 1 is 1.00 bits per heavy atom. The number of methoxy groups -OCH3 is 2. The van der Waals surface area contributed by atoms with Crippen LogP contribution in [0.5, 0.6) is 11.5 Å². The maximum Gasteiger partial charge on any atom is 0.254 e. The molecule has 1 unspecified atom stereocenters. The van der Waals surface area contributed by atoms with Gasteiger partial charge in [0.15, 0.2) is 0 Å². The van der Waals surface area contributed by atoms with Crippen molar-refractivity contribution in [2.75, 3.05) is 26.1 Å². The van der Waals surface area contributed by atoms with Gasteiger partial charge in [-0.1, -0.05) is 34.8 Å². The summed E-state index contributed by atoms with van der Waals surface area (Å²) in [7, 11) is 2.96. The molecule has 1 fully saturated rings. The van der Waals surface area contributed by atoms with Crippen molar-refractivity contribution in [2.45, 2.75) is 18.9 Å². The van der Waals surface area contributed by atoms with Crippen LogP contribution in [0.4, 0.5) is 5.69 Å². The van der Waals surface area contributed by atoms with Gasteiger partial charge in [-0.25, -0.2) is 0 Å². The van der Waals surface area contributed by atoms with Gasteiger partial charge in [-0.15, -0.1) is 0 Å². The summed E-state index contributed by atoms with van der Waals surface area (Å²) in [6.07, 6.45) is 1.26. The predicted octanol–water partition coefficient (Wildman–Crippen LogP) is 4.91. The number of carbonyl (C=O) groups is 2. The lowest BCUT2D eigenvalue weighted by Crippen LogP contribution is -2.43. The number of halogens is 3. The van der Waals surface area contributed by atoms with Crippen LogP contribution in [0, 0.1) is 0 Å². The Kier molecular flexibility index (Phi) is 6.77. The molecule has 1 saturated heterocycles. The minimum Gasteiger partial charge on any atom is -0.495 e. The number of anilines is 1. The second kappa shape index (κ2) is 9.11. The lowest BCUT2D eigenvalue weighted by Gasteiger charge is -2.24. The van der Waals surface area contributed by atoms with Gasteiger partial charge >= 0.3 is 0 Å². The van der Waals surface area contributed by atoms with Crippen LogP contribution in [0.15, 0.2) is 30.3 Å². The number of likely N-dealkylation sites (tertiary alicyclic amines) is 1. The monoisotopic (exact) mass is 456 g/mol. The SMILES string of the molecule is COc1cc(NC(=O)C2CCCN2C(=O)c2ccc(Cl)c(Cl)c2)c(OC)cc1Cl. The van der Waals surface area contributed by atoms with Gasteiger partial charge in [-0.2, -0.15) is 0 Å². The highest BCUT2D eigenvalue weighted by Gasteiger charge is 2.35. The zero-order chi connectivity index (χ0) is 21.1. The minimum absolute atomic E-state index is 0.276. The Labute approximate surface area is 183 Å². The predicted molar refractivity (Wildman–Crippen MR) is 114 cm³/mol. The van der Waals surface area contributed by atoms with Gasteiger partial charge < -0.3 is 19.7 Å². The van der Waals surface area contributed by atoms with Crippen molar-refractivity contribution in [3.05, 3.63) is 51.0 Å². The molecular formula is C20H19Cl3N2O4. The van der Waals surface area contributed by atoms with Gasteiger partial charge in [0, 0.05) is 24.2 Å². The highest BCUT2D eigenvalue weighted by atomic mass is 35.5. The summed E-state index contributed by atoms with van der Waals surface area (Å²) in [4.78, 5) is 27.4. The first-order valence-electron chi connectivity index (χ1n) is 8.84. The van der Waals surface area contributed by atoms with Crippen LogP contribution in [-0.2, 0) is 4.79 Å². The van der Waals surface area contributed by atoms with Crippen molar-refractivity contribution in [3.8, 4) is 11.5 Å². The average molecular weight is 458 g/mol. The van der Waals surface area contributed by atoms with Crippen LogP contribution in [-0.4, -0.2) is 43.5 Å². The molecule has 0 bridgehead atoms. The summed E-state index contributed by atoms with van der Waals surface area (Å²) in [5, 5.41) is 3.83. The number of carbonyl (C=O) groups excluding carboxylic acids is 2. The highest BCUT2D eigenvalue weighted by Crippen LogP contribution is 2.36. The lowest BCUT2D eigenvalue weighted by atomic mass is 10.1. The lowest BCUT2D eigenvalue weighted by molar-refractivity contribution is -0.119. The third-order valence-electron chi connectivity index (χ3n) is 4.71. The Hall–Kier alpha value is -2.15. The van der Waals surface area contributed by atoms with Crippen LogP contribution >= 0.6 is 34.8 Å². The van der Waals surface area contributed by atoms with Crippen molar-refractivity contribution in [3.63, 3.8) is 0 Å². The molecule has 0 radical (unpaired) electrons. The van der Waals surface area contributed by atoms with Gasteiger partial charge in [0.25, 0.3) is 5.91 Å². The van der Waals surface area contributed by atoms with Crippen molar-refractivity contribution in [1.29, 1.82) is 0 Å². The molecule has 1 aliphatic rings. The maximum atomic E-state index is 13.0. The smallest absolute Gasteiger partial charge is 0.254 e. The molecule has 2 amide bonds. The second-order valence-electron chi connectivity index (χ2n) is 6.46. The molecule has 0 saturated carbocycles. The normalized spacial score (nSPS) is 15.9. The van der Waals surface area contributed by atoms with Crippen LogP contribution in [0.3, 0.4) is 0 Å². The minimum atomic E-state index is -0.622. The van der Waals surface area contributed by atoms with E-state index < -0.39 is 6.04 Å². The van der Waals surface area contributed by atoms with Crippen molar-refractivity contribution in [2.24, 2.45) is 0 Å². The molecule has 0 aromatic heterocycles. The molecule has 1 atom stereocenters. The second-order valence-corrected chi connectivity index (χ2v) is 7.68. The fourth-order valence-corrected chi connectivity index (χ4v) is 3.78. The van der Waals surface area contributed by atoms with Gasteiger partial charge in [0.2, 0.25) is 5.91 Å². The van der Waals surface area contributed by atoms with E-state index in [1.165, 1.54) is 25.2 Å². The summed E-state index contributed by atoms with van der Waals surface area (Å²) in [6.45, 7) is 0.470. The number of ether oxygens (including phenoxy) is 2. The Balaban J connectivity index is 1.82. The number of amides is 2. The van der Waals surface area contributed by atoms with Crippen molar-refractivity contribution >= 4 is 52.3 Å². The van der Waals surface area contributed by atoms with E-state index in [1.807, 2.05) is 0 Å². The molecule has 2 aromatic carbocycles. The van der Waals surface area contributed by atoms with Crippen molar-refractivity contribution < 1.29 is 19.1 Å². The summed E-state index contributed by atoms with van der Waals surface area (Å²) in [5.41, 5.74) is 0.789. The van der Waals surface area contributed by atoms with Gasteiger partial charge in [0.1, 0.15) is 17.5 Å². The third-order valence-corrected chi connectivity index (χ3v) is 5.75. The molecule has 3 rings (SSSR count). The highest BCUT2D eigenvalue weighted by molar-refractivity contribution is 6.42. The molecule has 1 N–H and O–H groups in total. The summed E-state index contributed by atoms with van der Waals surface area (Å²) in [5.74, 6) is 0.197. The standard InChI is InChI=1S/C20H19Cl3N2O4/c1-28-17-10-15(18(29-2)9-14(17)23)24-19(26)16-4-3-7-25(16)20(27)11-5-6-12(21)13(22)8-11/h5-6,8-10,16H,3-4,7H2,1-2H3,(H,24,26). The zero-order valence-corrected chi connectivity index (χ0v) is 18.1. The van der Waals surface area contributed by atoms with E-state index in [0.717, 1.165) is 0 Å². The van der Waals surface area contributed by atoms with E-state index >= 15 is 0 Å². The van der Waals surface area contributed by atoms with Crippen LogP contribution in [0.1, 0.15) is 23.2 Å². The molecule has 0 spiro atoms. The number of benzene rings is 2. The molecule has 1 heterocycles. The molecule has 29 heavy (non-hydrogen) atoms. The summed E-state index contributed by atoms with van der Waals surface area (Å²) in [6, 6.07) is 7.18. The molecule has 6 nitrogen and oxygen atoms in total. The van der Waals surface area contributed by atoms with Gasteiger partial charge in [-0.05, 0) is 31.0 Å². The Morgan fingerprint density at radius 2 is 1.72 bits per heavy atom. The average Bonchev–Trinajstić information content (AvgIpc) is 3.20. The number of nitrogens with one attached hydrogen (secondary N) is 1. The fourth-order valence-electron chi connectivity index (χ4n) is 3.25. The van der Waals surface area contributed by atoms with Crippen molar-refractivity contribution in [1.82, 2.24) is 4.90 Å². The topological polar surface area (TPSA) is 67.9 Å². The van der Waals surface area contributed by atoms with Gasteiger partial charge in [-0.3, -0.25) is 9.59 Å². The third kappa shape index (κ3) is 4.55. The van der Waals surface area contributed by atoms with Crippen LogP contribution in [0.25, 0.3) is 0 Å². The fraction of sp³-hybridized carbons (Fsp3) is 0.300. The Bertz CT molecular complexity index is 952. The number of rotatable bonds is 5. The number of hydrogen-bond donors (Lipinski definition) is 1. The van der Waals surface area contributed by atoms with E-state index in [4.69, 9.17) is 44.3 Å². The Morgan fingerprint density at radius 3 is 2.38 bits per heavy atom. The molecular weight excluding hydrogens is 439 g/mol. The van der Waals surface area contributed by atoms with E-state index in [9.17, 15) is 9.59 Å². The molecule has 154 valence electrons. The van der Waals surface area contributed by atoms with E-state index in [2.05, 4.69) is 5.32 Å². The molecule has 1 aliphatic heterocycles. The van der Waals surface area contributed by atoms with Gasteiger partial charge in [0.05, 0.1) is 35.0 Å². The number of nitrogens with zero attached hydrogens (tertiary/aromatic N) is 1. The van der Waals surface area contributed by atoms with E-state index in [1.54, 1.807) is 24.3 Å². The number of hydrogen-bond acceptors (Lipinski definition) is 4. The summed E-state index contributed by atoms with van der Waals surface area (Å²) < 4.78 is 10.5. The maximum absolute atomic E-state index is 13.0. The quantitative estimate of drug-likeness (QED) is 0.693. The van der Waals surface area contributed by atoms with Crippen LogP contribution in [0.2, 0.25) is 15.1 Å². The van der Waals surface area contributed by atoms with Crippen LogP contribution < -0.4 is 14.8 Å². The molecule has 0 aliphatic carbocycles.